The number of anilines is 1. The van der Waals surface area contributed by atoms with Gasteiger partial charge in [0.1, 0.15) is 5.69 Å². The van der Waals surface area contributed by atoms with Gasteiger partial charge in [-0.3, -0.25) is 15.1 Å². The van der Waals surface area contributed by atoms with Crippen molar-refractivity contribution in [2.45, 2.75) is 0 Å². The van der Waals surface area contributed by atoms with E-state index in [2.05, 4.69) is 4.98 Å². The maximum absolute atomic E-state index is 10.7. The van der Waals surface area contributed by atoms with Gasteiger partial charge in [0.25, 0.3) is 5.69 Å². The van der Waals surface area contributed by atoms with Crippen LogP contribution in [0.2, 0.25) is 0 Å². The van der Waals surface area contributed by atoms with Crippen LogP contribution in [-0.2, 0) is 0 Å². The molecule has 2 aromatic rings. The van der Waals surface area contributed by atoms with Crippen LogP contribution in [0.25, 0.3) is 12.2 Å². The number of hydrogen-bond acceptors (Lipinski definition) is 4. The lowest BCUT2D eigenvalue weighted by molar-refractivity contribution is -0.384. The summed E-state index contributed by atoms with van der Waals surface area (Å²) in [6, 6.07) is 10.9. The average Bonchev–Trinajstić information content (AvgIpc) is 2.38. The minimum absolute atomic E-state index is 0.0784. The lowest BCUT2D eigenvalue weighted by atomic mass is 10.2. The maximum atomic E-state index is 10.7. The normalized spacial score (nSPS) is 10.7. The molecule has 0 bridgehead atoms. The molecule has 5 heteroatoms. The van der Waals surface area contributed by atoms with Crippen LogP contribution in [0.4, 0.5) is 11.4 Å². The van der Waals surface area contributed by atoms with Gasteiger partial charge in [-0.25, -0.2) is 0 Å². The Hall–Kier alpha value is -2.69. The number of nitrogen functional groups attached to an aromatic ring is 1. The number of benzene rings is 1. The third-order valence-electron chi connectivity index (χ3n) is 2.43. The van der Waals surface area contributed by atoms with E-state index in [4.69, 9.17) is 5.73 Å². The molecule has 5 nitrogen and oxygen atoms in total. The predicted molar refractivity (Wildman–Crippen MR) is 70.7 cm³/mol. The van der Waals surface area contributed by atoms with Crippen molar-refractivity contribution in [2.75, 3.05) is 5.73 Å². The predicted octanol–water partition coefficient (Wildman–Crippen LogP) is 2.74. The quantitative estimate of drug-likeness (QED) is 0.661. The molecule has 0 saturated heterocycles. The van der Waals surface area contributed by atoms with Crippen molar-refractivity contribution < 1.29 is 4.92 Å². The zero-order valence-electron chi connectivity index (χ0n) is 9.48. The Labute approximate surface area is 104 Å². The summed E-state index contributed by atoms with van der Waals surface area (Å²) in [5.74, 6) is 0. The largest absolute Gasteiger partial charge is 0.391 e. The smallest absolute Gasteiger partial charge is 0.295 e. The molecule has 0 spiro atoms. The number of nitrogens with zero attached hydrogens (tertiary/aromatic N) is 2. The van der Waals surface area contributed by atoms with Crippen LogP contribution < -0.4 is 5.73 Å². The molecule has 0 radical (unpaired) electrons. The first-order valence-corrected chi connectivity index (χ1v) is 5.30. The van der Waals surface area contributed by atoms with E-state index in [1.165, 1.54) is 12.3 Å². The third-order valence-corrected chi connectivity index (χ3v) is 2.43. The van der Waals surface area contributed by atoms with Gasteiger partial charge in [0.05, 0.1) is 10.6 Å². The summed E-state index contributed by atoms with van der Waals surface area (Å²) in [7, 11) is 0. The van der Waals surface area contributed by atoms with Gasteiger partial charge in [0, 0.05) is 12.3 Å². The molecule has 0 aliphatic carbocycles. The summed E-state index contributed by atoms with van der Waals surface area (Å²) in [6.45, 7) is 0. The fourth-order valence-corrected chi connectivity index (χ4v) is 1.51. The van der Waals surface area contributed by atoms with Gasteiger partial charge >= 0.3 is 0 Å². The van der Waals surface area contributed by atoms with Gasteiger partial charge in [-0.15, -0.1) is 0 Å². The fraction of sp³-hybridized carbons (Fsp3) is 0. The number of rotatable bonds is 3. The molecule has 0 unspecified atom stereocenters. The highest BCUT2D eigenvalue weighted by Crippen LogP contribution is 2.24. The van der Waals surface area contributed by atoms with Crippen molar-refractivity contribution in [3.8, 4) is 0 Å². The zero-order valence-corrected chi connectivity index (χ0v) is 9.48. The highest BCUT2D eigenvalue weighted by atomic mass is 16.6. The van der Waals surface area contributed by atoms with Crippen molar-refractivity contribution in [1.82, 2.24) is 4.98 Å². The van der Waals surface area contributed by atoms with Crippen molar-refractivity contribution in [3.05, 3.63) is 64.0 Å². The molecular weight excluding hydrogens is 230 g/mol. The van der Waals surface area contributed by atoms with E-state index in [0.29, 0.717) is 5.69 Å². The highest BCUT2D eigenvalue weighted by molar-refractivity contribution is 5.77. The number of hydrogen-bond donors (Lipinski definition) is 1. The minimum atomic E-state index is -0.517. The van der Waals surface area contributed by atoms with E-state index < -0.39 is 4.92 Å². The van der Waals surface area contributed by atoms with Crippen LogP contribution in [0.1, 0.15) is 11.3 Å². The SMILES string of the molecule is Nc1c([N+](=O)[O-])ccnc1/C=C/c1ccccc1. The van der Waals surface area contributed by atoms with Crippen LogP contribution in [0.3, 0.4) is 0 Å². The van der Waals surface area contributed by atoms with Gasteiger partial charge in [-0.2, -0.15) is 0 Å². The standard InChI is InChI=1S/C13H11N3O2/c14-13-11(15-9-8-12(13)16(17)18)7-6-10-4-2-1-3-5-10/h1-9H,14H2/b7-6+. The molecular formula is C13H11N3O2. The van der Waals surface area contributed by atoms with E-state index in [-0.39, 0.29) is 11.4 Å². The molecule has 2 rings (SSSR count). The summed E-state index contributed by atoms with van der Waals surface area (Å²) in [5, 5.41) is 10.7. The number of aromatic nitrogens is 1. The molecule has 90 valence electrons. The van der Waals surface area contributed by atoms with Crippen LogP contribution in [-0.4, -0.2) is 9.91 Å². The van der Waals surface area contributed by atoms with E-state index in [1.54, 1.807) is 6.08 Å². The third kappa shape index (κ3) is 2.52. The van der Waals surface area contributed by atoms with Crippen molar-refractivity contribution in [2.24, 2.45) is 0 Å². The van der Waals surface area contributed by atoms with Gasteiger partial charge in [-0.1, -0.05) is 36.4 Å². The Kier molecular flexibility index (Phi) is 3.33. The van der Waals surface area contributed by atoms with E-state index >= 15 is 0 Å². The first-order valence-electron chi connectivity index (χ1n) is 5.30. The first kappa shape index (κ1) is 11.8. The Balaban J connectivity index is 2.33. The summed E-state index contributed by atoms with van der Waals surface area (Å²) in [4.78, 5) is 14.2. The summed E-state index contributed by atoms with van der Waals surface area (Å²) < 4.78 is 0. The van der Waals surface area contributed by atoms with Gasteiger partial charge in [0.2, 0.25) is 0 Å². The van der Waals surface area contributed by atoms with Crippen LogP contribution >= 0.6 is 0 Å². The number of nitrogens with two attached hydrogens (primary N) is 1. The Morgan fingerprint density at radius 1 is 1.17 bits per heavy atom. The Morgan fingerprint density at radius 3 is 2.56 bits per heavy atom. The summed E-state index contributed by atoms with van der Waals surface area (Å²) >= 11 is 0. The van der Waals surface area contributed by atoms with Crippen LogP contribution in [0.5, 0.6) is 0 Å². The summed E-state index contributed by atoms with van der Waals surface area (Å²) in [6.07, 6.45) is 4.85. The second-order valence-corrected chi connectivity index (χ2v) is 3.63. The molecule has 0 atom stereocenters. The van der Waals surface area contributed by atoms with E-state index in [9.17, 15) is 10.1 Å². The topological polar surface area (TPSA) is 82.0 Å². The molecule has 0 aliphatic heterocycles. The molecule has 0 aliphatic rings. The molecule has 0 fully saturated rings. The number of nitro groups is 1. The lowest BCUT2D eigenvalue weighted by Crippen LogP contribution is -1.99. The molecule has 1 aromatic carbocycles. The first-order chi connectivity index (χ1) is 8.68. The molecule has 1 heterocycles. The summed E-state index contributed by atoms with van der Waals surface area (Å²) in [5.41, 5.74) is 7.02. The Bertz CT molecular complexity index is 594. The Morgan fingerprint density at radius 2 is 1.89 bits per heavy atom. The second kappa shape index (κ2) is 5.09. The molecule has 0 amide bonds. The highest BCUT2D eigenvalue weighted by Gasteiger charge is 2.13. The monoisotopic (exact) mass is 241 g/mol. The zero-order chi connectivity index (χ0) is 13.0. The van der Waals surface area contributed by atoms with Crippen LogP contribution in [0.15, 0.2) is 42.6 Å². The van der Waals surface area contributed by atoms with Crippen LogP contribution in [0, 0.1) is 10.1 Å². The van der Waals surface area contributed by atoms with Crippen molar-refractivity contribution >= 4 is 23.5 Å². The maximum Gasteiger partial charge on any atom is 0.295 e. The molecule has 2 N–H and O–H groups in total. The molecule has 1 aromatic heterocycles. The molecule has 0 saturated carbocycles. The second-order valence-electron chi connectivity index (χ2n) is 3.63. The van der Waals surface area contributed by atoms with Gasteiger partial charge in [0.15, 0.2) is 0 Å². The van der Waals surface area contributed by atoms with E-state index in [1.807, 2.05) is 36.4 Å². The lowest BCUT2D eigenvalue weighted by Gasteiger charge is -2.00. The van der Waals surface area contributed by atoms with E-state index in [0.717, 1.165) is 5.56 Å². The molecule has 18 heavy (non-hydrogen) atoms. The average molecular weight is 241 g/mol. The van der Waals surface area contributed by atoms with Gasteiger partial charge < -0.3 is 5.73 Å². The van der Waals surface area contributed by atoms with Crippen molar-refractivity contribution in [3.63, 3.8) is 0 Å². The fourth-order valence-electron chi connectivity index (χ4n) is 1.51. The number of pyridine rings is 1. The van der Waals surface area contributed by atoms with Gasteiger partial charge in [-0.05, 0) is 11.6 Å². The minimum Gasteiger partial charge on any atom is -0.391 e. The van der Waals surface area contributed by atoms with Crippen molar-refractivity contribution in [1.29, 1.82) is 0 Å².